The molecule has 24 heavy (non-hydrogen) atoms. The molecule has 0 spiro atoms. The highest BCUT2D eigenvalue weighted by molar-refractivity contribution is 5.96. The molecule has 8 heteroatoms. The minimum Gasteiger partial charge on any atom is -0.379 e. The van der Waals surface area contributed by atoms with Gasteiger partial charge in [-0.25, -0.2) is 0 Å². The maximum Gasteiger partial charge on any atom is 0.454 e. The molecule has 0 radical (unpaired) electrons. The molecule has 1 amide bonds. The fraction of sp³-hybridized carbons (Fsp3) is 0.312. The van der Waals surface area contributed by atoms with Gasteiger partial charge in [-0.05, 0) is 30.2 Å². The number of nitriles is 1. The standard InChI is InChI=1S/C16H16F3N3O2/c1-10(2)14(21-8-7-13(23)16(17,18)19)15(24)22-12-5-3-11(9-20)4-6-12/h3-8,10,14,21H,1-2H3,(H,22,24). The van der Waals surface area contributed by atoms with Crippen LogP contribution in [0.5, 0.6) is 0 Å². The quantitative estimate of drug-likeness (QED) is 0.781. The van der Waals surface area contributed by atoms with Crippen molar-refractivity contribution in [3.05, 3.63) is 42.1 Å². The van der Waals surface area contributed by atoms with E-state index in [0.29, 0.717) is 17.3 Å². The van der Waals surface area contributed by atoms with Crippen molar-refractivity contribution in [3.63, 3.8) is 0 Å². The Morgan fingerprint density at radius 2 is 1.79 bits per heavy atom. The molecule has 0 aliphatic rings. The van der Waals surface area contributed by atoms with Crippen LogP contribution in [-0.2, 0) is 9.59 Å². The topological polar surface area (TPSA) is 82.0 Å². The van der Waals surface area contributed by atoms with Crippen LogP contribution in [-0.4, -0.2) is 23.9 Å². The summed E-state index contributed by atoms with van der Waals surface area (Å²) in [6.07, 6.45) is -3.79. The number of hydrogen-bond acceptors (Lipinski definition) is 4. The van der Waals surface area contributed by atoms with E-state index in [1.54, 1.807) is 13.8 Å². The summed E-state index contributed by atoms with van der Waals surface area (Å²) in [5.74, 6) is -2.72. The number of nitrogens with zero attached hydrogens (tertiary/aromatic N) is 1. The number of nitrogens with one attached hydrogen (secondary N) is 2. The lowest BCUT2D eigenvalue weighted by atomic mass is 10.0. The molecule has 1 aromatic rings. The first-order valence-corrected chi connectivity index (χ1v) is 7.00. The maximum absolute atomic E-state index is 12.2. The van der Waals surface area contributed by atoms with Gasteiger partial charge < -0.3 is 10.6 Å². The van der Waals surface area contributed by atoms with E-state index >= 15 is 0 Å². The minimum absolute atomic E-state index is 0.242. The van der Waals surface area contributed by atoms with Crippen molar-refractivity contribution in [1.82, 2.24) is 5.32 Å². The molecule has 0 fully saturated rings. The van der Waals surface area contributed by atoms with Crippen molar-refractivity contribution < 1.29 is 22.8 Å². The molecule has 0 saturated carbocycles. The van der Waals surface area contributed by atoms with E-state index in [1.165, 1.54) is 24.3 Å². The molecule has 0 saturated heterocycles. The van der Waals surface area contributed by atoms with Crippen molar-refractivity contribution in [2.24, 2.45) is 5.92 Å². The lowest BCUT2D eigenvalue weighted by Crippen LogP contribution is -2.42. The van der Waals surface area contributed by atoms with Gasteiger partial charge in [-0.3, -0.25) is 9.59 Å². The molecule has 128 valence electrons. The van der Waals surface area contributed by atoms with Crippen molar-refractivity contribution in [2.75, 3.05) is 5.32 Å². The van der Waals surface area contributed by atoms with Crippen LogP contribution in [0.15, 0.2) is 36.5 Å². The number of benzene rings is 1. The second-order valence-electron chi connectivity index (χ2n) is 5.26. The van der Waals surface area contributed by atoms with Crippen LogP contribution < -0.4 is 10.6 Å². The van der Waals surface area contributed by atoms with Crippen molar-refractivity contribution in [2.45, 2.75) is 26.1 Å². The largest absolute Gasteiger partial charge is 0.454 e. The summed E-state index contributed by atoms with van der Waals surface area (Å²) in [5.41, 5.74) is 0.877. The Morgan fingerprint density at radius 1 is 1.21 bits per heavy atom. The second-order valence-corrected chi connectivity index (χ2v) is 5.26. The zero-order valence-corrected chi connectivity index (χ0v) is 13.0. The predicted molar refractivity (Wildman–Crippen MR) is 81.8 cm³/mol. The summed E-state index contributed by atoms with van der Waals surface area (Å²) in [4.78, 5) is 23.0. The summed E-state index contributed by atoms with van der Waals surface area (Å²) in [6, 6.07) is 7.23. The van der Waals surface area contributed by atoms with Crippen molar-refractivity contribution >= 4 is 17.4 Å². The fourth-order valence-corrected chi connectivity index (χ4v) is 1.74. The van der Waals surface area contributed by atoms with E-state index in [0.717, 1.165) is 6.20 Å². The van der Waals surface area contributed by atoms with Gasteiger partial charge in [0.2, 0.25) is 5.91 Å². The second kappa shape index (κ2) is 8.15. The lowest BCUT2D eigenvalue weighted by Gasteiger charge is -2.20. The summed E-state index contributed by atoms with van der Waals surface area (Å²) in [6.45, 7) is 3.41. The van der Waals surface area contributed by atoms with Gasteiger partial charge in [-0.2, -0.15) is 18.4 Å². The predicted octanol–water partition coefficient (Wildman–Crippen LogP) is 2.76. The summed E-state index contributed by atoms with van der Waals surface area (Å²) < 4.78 is 36.3. The molecule has 0 aliphatic heterocycles. The first-order chi connectivity index (χ1) is 11.1. The molecule has 0 aliphatic carbocycles. The summed E-state index contributed by atoms with van der Waals surface area (Å²) >= 11 is 0. The summed E-state index contributed by atoms with van der Waals surface area (Å²) in [7, 11) is 0. The Hall–Kier alpha value is -2.82. The van der Waals surface area contributed by atoms with Crippen molar-refractivity contribution in [3.8, 4) is 6.07 Å². The van der Waals surface area contributed by atoms with E-state index in [-0.39, 0.29) is 5.92 Å². The Labute approximate surface area is 137 Å². The van der Waals surface area contributed by atoms with Gasteiger partial charge in [0, 0.05) is 18.0 Å². The lowest BCUT2D eigenvalue weighted by molar-refractivity contribution is -0.165. The zero-order chi connectivity index (χ0) is 18.3. The van der Waals surface area contributed by atoms with E-state index in [4.69, 9.17) is 5.26 Å². The molecule has 1 atom stereocenters. The molecule has 0 aromatic heterocycles. The molecular formula is C16H16F3N3O2. The van der Waals surface area contributed by atoms with Gasteiger partial charge in [0.05, 0.1) is 11.6 Å². The van der Waals surface area contributed by atoms with Crippen LogP contribution in [0.4, 0.5) is 18.9 Å². The number of alkyl halides is 3. The number of carbonyl (C=O) groups is 2. The van der Waals surface area contributed by atoms with Gasteiger partial charge in [-0.15, -0.1) is 0 Å². The van der Waals surface area contributed by atoms with E-state index in [2.05, 4.69) is 10.6 Å². The Bertz CT molecular complexity index is 659. The number of anilines is 1. The average molecular weight is 339 g/mol. The third kappa shape index (κ3) is 5.76. The minimum atomic E-state index is -4.95. The zero-order valence-electron chi connectivity index (χ0n) is 13.0. The number of carbonyl (C=O) groups excluding carboxylic acids is 2. The van der Waals surface area contributed by atoms with Gasteiger partial charge in [0.1, 0.15) is 6.04 Å². The molecule has 1 rings (SSSR count). The van der Waals surface area contributed by atoms with Gasteiger partial charge in [0.15, 0.2) is 0 Å². The first-order valence-electron chi connectivity index (χ1n) is 7.00. The Morgan fingerprint density at radius 3 is 2.25 bits per heavy atom. The Balaban J connectivity index is 2.73. The molecule has 5 nitrogen and oxygen atoms in total. The van der Waals surface area contributed by atoms with Crippen LogP contribution in [0.3, 0.4) is 0 Å². The van der Waals surface area contributed by atoms with Gasteiger partial charge in [-0.1, -0.05) is 13.8 Å². The highest BCUT2D eigenvalue weighted by atomic mass is 19.4. The van der Waals surface area contributed by atoms with Crippen LogP contribution >= 0.6 is 0 Å². The van der Waals surface area contributed by atoms with Crippen LogP contribution in [0.25, 0.3) is 0 Å². The number of rotatable bonds is 6. The third-order valence-electron chi connectivity index (χ3n) is 3.02. The molecule has 1 aromatic carbocycles. The number of amides is 1. The van der Waals surface area contributed by atoms with Gasteiger partial charge in [0.25, 0.3) is 5.78 Å². The van der Waals surface area contributed by atoms with Crippen molar-refractivity contribution in [1.29, 1.82) is 5.26 Å². The van der Waals surface area contributed by atoms with Gasteiger partial charge >= 0.3 is 6.18 Å². The number of ketones is 1. The number of halogens is 3. The monoisotopic (exact) mass is 339 g/mol. The molecular weight excluding hydrogens is 323 g/mol. The fourth-order valence-electron chi connectivity index (χ4n) is 1.74. The van der Waals surface area contributed by atoms with Crippen LogP contribution in [0.2, 0.25) is 0 Å². The molecule has 0 heterocycles. The highest BCUT2D eigenvalue weighted by Crippen LogP contribution is 2.16. The SMILES string of the molecule is CC(C)C(NC=CC(=O)C(F)(F)F)C(=O)Nc1ccc(C#N)cc1. The normalized spacial score (nSPS) is 12.7. The van der Waals surface area contributed by atoms with Crippen LogP contribution in [0, 0.1) is 17.2 Å². The first kappa shape index (κ1) is 19.2. The van der Waals surface area contributed by atoms with E-state index in [1.807, 2.05) is 6.07 Å². The number of allylic oxidation sites excluding steroid dienone is 1. The molecule has 1 unspecified atom stereocenters. The average Bonchev–Trinajstić information content (AvgIpc) is 2.50. The third-order valence-corrected chi connectivity index (χ3v) is 3.02. The van der Waals surface area contributed by atoms with Crippen LogP contribution in [0.1, 0.15) is 19.4 Å². The summed E-state index contributed by atoms with van der Waals surface area (Å²) in [5, 5.41) is 13.8. The van der Waals surface area contributed by atoms with E-state index < -0.39 is 23.9 Å². The smallest absolute Gasteiger partial charge is 0.379 e. The maximum atomic E-state index is 12.2. The Kier molecular flexibility index (Phi) is 6.53. The highest BCUT2D eigenvalue weighted by Gasteiger charge is 2.36. The molecule has 0 bridgehead atoms. The number of hydrogen-bond donors (Lipinski definition) is 2. The molecule has 2 N–H and O–H groups in total. The van der Waals surface area contributed by atoms with E-state index in [9.17, 15) is 22.8 Å².